The standard InChI is InChI=1S/C44H88N2O4/c1-4-7-10-13-15-24-31-41-49-43(47)35-27-20-16-22-29-38-46(40-32-37-45)39-30-23-17-21-28-36-44(48)50-42(33-25-18-12-9-6-3)34-26-19-14-11-8-5-2/h42H,4-41,45H2,1-3H3. The van der Waals surface area contributed by atoms with Gasteiger partial charge in [0, 0.05) is 12.8 Å². The van der Waals surface area contributed by atoms with Crippen molar-refractivity contribution in [2.45, 2.75) is 239 Å². The van der Waals surface area contributed by atoms with Gasteiger partial charge in [0.1, 0.15) is 6.10 Å². The summed E-state index contributed by atoms with van der Waals surface area (Å²) < 4.78 is 11.4. The van der Waals surface area contributed by atoms with E-state index in [1.807, 2.05) is 0 Å². The van der Waals surface area contributed by atoms with Gasteiger partial charge in [-0.05, 0) is 90.4 Å². The maximum Gasteiger partial charge on any atom is 0.306 e. The predicted molar refractivity (Wildman–Crippen MR) is 216 cm³/mol. The zero-order valence-corrected chi connectivity index (χ0v) is 34.1. The van der Waals surface area contributed by atoms with Crippen molar-refractivity contribution < 1.29 is 19.1 Å². The molecule has 0 spiro atoms. The summed E-state index contributed by atoms with van der Waals surface area (Å²) in [6.45, 7) is 11.5. The van der Waals surface area contributed by atoms with E-state index < -0.39 is 0 Å². The van der Waals surface area contributed by atoms with Gasteiger partial charge in [-0.25, -0.2) is 0 Å². The number of rotatable bonds is 41. The number of esters is 2. The number of hydrogen-bond donors (Lipinski definition) is 1. The Kier molecular flexibility index (Phi) is 39.7. The Labute approximate surface area is 312 Å². The van der Waals surface area contributed by atoms with Crippen LogP contribution in [0.3, 0.4) is 0 Å². The van der Waals surface area contributed by atoms with Crippen molar-refractivity contribution in [1.29, 1.82) is 0 Å². The summed E-state index contributed by atoms with van der Waals surface area (Å²) in [5.74, 6) is 0.0149. The summed E-state index contributed by atoms with van der Waals surface area (Å²) in [7, 11) is 0. The number of carbonyl (C=O) groups is 2. The zero-order valence-electron chi connectivity index (χ0n) is 34.1. The fourth-order valence-electron chi connectivity index (χ4n) is 6.87. The van der Waals surface area contributed by atoms with Crippen molar-refractivity contribution >= 4 is 11.9 Å². The van der Waals surface area contributed by atoms with Crippen molar-refractivity contribution in [2.24, 2.45) is 5.73 Å². The molecular formula is C44H88N2O4. The maximum absolute atomic E-state index is 12.7. The van der Waals surface area contributed by atoms with Crippen LogP contribution in [0.2, 0.25) is 0 Å². The van der Waals surface area contributed by atoms with Gasteiger partial charge in [-0.1, -0.05) is 156 Å². The lowest BCUT2D eigenvalue weighted by Gasteiger charge is -2.22. The van der Waals surface area contributed by atoms with Gasteiger partial charge in [0.2, 0.25) is 0 Å². The molecule has 0 aliphatic rings. The van der Waals surface area contributed by atoms with Gasteiger partial charge in [-0.3, -0.25) is 9.59 Å². The van der Waals surface area contributed by atoms with Crippen LogP contribution < -0.4 is 5.73 Å². The zero-order chi connectivity index (χ0) is 36.6. The van der Waals surface area contributed by atoms with E-state index in [4.69, 9.17) is 15.2 Å². The highest BCUT2D eigenvalue weighted by atomic mass is 16.5. The fourth-order valence-corrected chi connectivity index (χ4v) is 6.87. The number of nitrogens with zero attached hydrogens (tertiary/aromatic N) is 1. The number of hydrogen-bond acceptors (Lipinski definition) is 6. The molecule has 0 amide bonds. The number of carbonyl (C=O) groups excluding carboxylic acids is 2. The van der Waals surface area contributed by atoms with E-state index in [0.717, 1.165) is 77.5 Å². The molecule has 0 saturated carbocycles. The summed E-state index contributed by atoms with van der Waals surface area (Å²) >= 11 is 0. The second-order valence-corrected chi connectivity index (χ2v) is 15.2. The first-order valence-electron chi connectivity index (χ1n) is 22.3. The Morgan fingerprint density at radius 3 is 1.32 bits per heavy atom. The molecule has 0 aliphatic heterocycles. The van der Waals surface area contributed by atoms with Gasteiger partial charge in [-0.2, -0.15) is 0 Å². The molecule has 2 N–H and O–H groups in total. The van der Waals surface area contributed by atoms with Crippen LogP contribution in [0.4, 0.5) is 0 Å². The Bertz CT molecular complexity index is 704. The molecule has 1 atom stereocenters. The summed E-state index contributed by atoms with van der Waals surface area (Å²) in [5, 5.41) is 0. The molecule has 0 bridgehead atoms. The first kappa shape index (κ1) is 48.9. The maximum atomic E-state index is 12.7. The lowest BCUT2D eigenvalue weighted by Crippen LogP contribution is -2.28. The van der Waals surface area contributed by atoms with Crippen LogP contribution in [-0.4, -0.2) is 55.7 Å². The Hall–Kier alpha value is -1.14. The highest BCUT2D eigenvalue weighted by molar-refractivity contribution is 5.69. The van der Waals surface area contributed by atoms with Crippen LogP contribution in [0, 0.1) is 0 Å². The highest BCUT2D eigenvalue weighted by Crippen LogP contribution is 2.18. The first-order valence-corrected chi connectivity index (χ1v) is 22.3. The molecule has 0 aromatic carbocycles. The molecule has 298 valence electrons. The molecule has 50 heavy (non-hydrogen) atoms. The van der Waals surface area contributed by atoms with E-state index in [1.165, 1.54) is 148 Å². The third-order valence-corrected chi connectivity index (χ3v) is 10.2. The first-order chi connectivity index (χ1) is 24.6. The van der Waals surface area contributed by atoms with Crippen LogP contribution >= 0.6 is 0 Å². The van der Waals surface area contributed by atoms with Gasteiger partial charge in [0.05, 0.1) is 6.61 Å². The molecule has 0 aromatic rings. The van der Waals surface area contributed by atoms with Crippen LogP contribution in [0.1, 0.15) is 233 Å². The molecule has 6 nitrogen and oxygen atoms in total. The normalized spacial score (nSPS) is 12.1. The van der Waals surface area contributed by atoms with E-state index >= 15 is 0 Å². The van der Waals surface area contributed by atoms with Gasteiger partial charge >= 0.3 is 11.9 Å². The number of ether oxygens (including phenoxy) is 2. The third-order valence-electron chi connectivity index (χ3n) is 10.2. The van der Waals surface area contributed by atoms with Gasteiger partial charge < -0.3 is 20.1 Å². The topological polar surface area (TPSA) is 81.9 Å². The minimum Gasteiger partial charge on any atom is -0.466 e. The second-order valence-electron chi connectivity index (χ2n) is 15.2. The van der Waals surface area contributed by atoms with Crippen molar-refractivity contribution in [2.75, 3.05) is 32.8 Å². The van der Waals surface area contributed by atoms with Crippen LogP contribution in [0.5, 0.6) is 0 Å². The second kappa shape index (κ2) is 40.6. The molecule has 6 heteroatoms. The highest BCUT2D eigenvalue weighted by Gasteiger charge is 2.14. The molecule has 0 rings (SSSR count). The van der Waals surface area contributed by atoms with Crippen molar-refractivity contribution in [3.8, 4) is 0 Å². The van der Waals surface area contributed by atoms with Crippen molar-refractivity contribution in [1.82, 2.24) is 4.90 Å². The summed E-state index contributed by atoms with van der Waals surface area (Å²) in [6, 6.07) is 0. The molecule has 0 radical (unpaired) electrons. The molecule has 0 aliphatic carbocycles. The van der Waals surface area contributed by atoms with Crippen LogP contribution in [0.25, 0.3) is 0 Å². The van der Waals surface area contributed by atoms with Crippen LogP contribution in [-0.2, 0) is 19.1 Å². The molecule has 0 saturated heterocycles. The van der Waals surface area contributed by atoms with Gasteiger partial charge in [0.25, 0.3) is 0 Å². The van der Waals surface area contributed by atoms with E-state index in [1.54, 1.807) is 0 Å². The molecule has 1 unspecified atom stereocenters. The largest absolute Gasteiger partial charge is 0.466 e. The molecule has 0 heterocycles. The van der Waals surface area contributed by atoms with E-state index in [0.29, 0.717) is 19.4 Å². The third kappa shape index (κ3) is 36.6. The monoisotopic (exact) mass is 709 g/mol. The lowest BCUT2D eigenvalue weighted by molar-refractivity contribution is -0.150. The average Bonchev–Trinajstić information content (AvgIpc) is 3.11. The van der Waals surface area contributed by atoms with Crippen molar-refractivity contribution in [3.05, 3.63) is 0 Å². The van der Waals surface area contributed by atoms with Crippen LogP contribution in [0.15, 0.2) is 0 Å². The molecule has 0 aromatic heterocycles. The Morgan fingerprint density at radius 2 is 0.840 bits per heavy atom. The van der Waals surface area contributed by atoms with E-state index in [2.05, 4.69) is 25.7 Å². The van der Waals surface area contributed by atoms with E-state index in [9.17, 15) is 9.59 Å². The van der Waals surface area contributed by atoms with E-state index in [-0.39, 0.29) is 18.0 Å². The minimum absolute atomic E-state index is 0.0141. The Morgan fingerprint density at radius 1 is 0.460 bits per heavy atom. The summed E-state index contributed by atoms with van der Waals surface area (Å²) in [6.07, 6.45) is 38.6. The lowest BCUT2D eigenvalue weighted by atomic mass is 10.0. The SMILES string of the molecule is CCCCCCCCCOC(=O)CCCCCCCN(CCCN)CCCCCCCC(=O)OC(CCCCCCC)CCCCCCCC. The van der Waals surface area contributed by atoms with Gasteiger partial charge in [0.15, 0.2) is 0 Å². The molecular weight excluding hydrogens is 620 g/mol. The fraction of sp³-hybridized carbons (Fsp3) is 0.955. The van der Waals surface area contributed by atoms with Crippen molar-refractivity contribution in [3.63, 3.8) is 0 Å². The molecule has 0 fully saturated rings. The number of unbranched alkanes of at least 4 members (excludes halogenated alkanes) is 23. The number of nitrogens with two attached hydrogens (primary N) is 1. The smallest absolute Gasteiger partial charge is 0.306 e. The minimum atomic E-state index is -0.0141. The quantitative estimate of drug-likeness (QED) is 0.0503. The summed E-state index contributed by atoms with van der Waals surface area (Å²) in [5.41, 5.74) is 5.83. The van der Waals surface area contributed by atoms with Gasteiger partial charge in [-0.15, -0.1) is 0 Å². The Balaban J connectivity index is 4.00. The summed E-state index contributed by atoms with van der Waals surface area (Å²) in [4.78, 5) is 27.3. The predicted octanol–water partition coefficient (Wildman–Crippen LogP) is 12.6. The average molecular weight is 709 g/mol.